The molecule has 17 heavy (non-hydrogen) atoms. The van der Waals surface area contributed by atoms with Crippen molar-refractivity contribution in [3.63, 3.8) is 0 Å². The van der Waals surface area contributed by atoms with E-state index in [-0.39, 0.29) is 0 Å². The molecule has 2 heteroatoms. The van der Waals surface area contributed by atoms with Gasteiger partial charge in [-0.1, -0.05) is 6.07 Å². The van der Waals surface area contributed by atoms with E-state index in [4.69, 9.17) is 4.74 Å². The maximum absolute atomic E-state index is 5.49. The Labute approximate surface area is 103 Å². The summed E-state index contributed by atoms with van der Waals surface area (Å²) >= 11 is 0. The Morgan fingerprint density at radius 3 is 2.65 bits per heavy atom. The molecule has 1 aromatic rings. The number of rotatable bonds is 2. The second kappa shape index (κ2) is 4.69. The molecule has 0 amide bonds. The smallest absolute Gasteiger partial charge is 0.122 e. The van der Waals surface area contributed by atoms with Crippen molar-refractivity contribution in [1.29, 1.82) is 0 Å². The molecular formula is C15H21NO. The third kappa shape index (κ3) is 1.95. The van der Waals surface area contributed by atoms with Gasteiger partial charge in [-0.25, -0.2) is 0 Å². The van der Waals surface area contributed by atoms with Gasteiger partial charge in [0.05, 0.1) is 7.11 Å². The monoisotopic (exact) mass is 231 g/mol. The molecule has 1 fully saturated rings. The highest BCUT2D eigenvalue weighted by atomic mass is 16.5. The lowest BCUT2D eigenvalue weighted by atomic mass is 9.85. The minimum Gasteiger partial charge on any atom is -0.496 e. The first-order chi connectivity index (χ1) is 8.40. The molecule has 1 N–H and O–H groups in total. The maximum Gasteiger partial charge on any atom is 0.122 e. The van der Waals surface area contributed by atoms with Crippen LogP contribution in [-0.2, 0) is 12.8 Å². The van der Waals surface area contributed by atoms with Crippen molar-refractivity contribution in [3.05, 3.63) is 28.8 Å². The van der Waals surface area contributed by atoms with Crippen molar-refractivity contribution in [2.24, 2.45) is 0 Å². The van der Waals surface area contributed by atoms with E-state index < -0.39 is 0 Å². The van der Waals surface area contributed by atoms with Crippen LogP contribution in [0.2, 0.25) is 0 Å². The summed E-state index contributed by atoms with van der Waals surface area (Å²) < 4.78 is 5.49. The summed E-state index contributed by atoms with van der Waals surface area (Å²) in [4.78, 5) is 0. The zero-order valence-electron chi connectivity index (χ0n) is 10.6. The molecule has 0 atom stereocenters. The first-order valence-electron chi connectivity index (χ1n) is 6.79. The molecule has 3 rings (SSSR count). The highest BCUT2D eigenvalue weighted by Crippen LogP contribution is 2.38. The Bertz CT molecular complexity index is 408. The molecule has 0 spiro atoms. The number of nitrogens with one attached hydrogen (secondary N) is 1. The number of ether oxygens (including phenoxy) is 1. The molecule has 2 aliphatic rings. The average molecular weight is 231 g/mol. The fourth-order valence-corrected chi connectivity index (χ4v) is 3.41. The fraction of sp³-hybridized carbons (Fsp3) is 0.600. The Morgan fingerprint density at radius 1 is 1.12 bits per heavy atom. The number of methoxy groups -OCH3 is 1. The van der Waals surface area contributed by atoms with E-state index in [1.165, 1.54) is 50.8 Å². The largest absolute Gasteiger partial charge is 0.496 e. The number of benzene rings is 1. The Balaban J connectivity index is 1.97. The molecule has 1 heterocycles. The van der Waals surface area contributed by atoms with Crippen LogP contribution in [0.3, 0.4) is 0 Å². The topological polar surface area (TPSA) is 21.3 Å². The van der Waals surface area contributed by atoms with Gasteiger partial charge < -0.3 is 10.1 Å². The van der Waals surface area contributed by atoms with Gasteiger partial charge in [-0.2, -0.15) is 0 Å². The summed E-state index contributed by atoms with van der Waals surface area (Å²) in [5.74, 6) is 1.88. The summed E-state index contributed by atoms with van der Waals surface area (Å²) in [5.41, 5.74) is 4.71. The molecule has 1 aliphatic heterocycles. The number of hydrogen-bond acceptors (Lipinski definition) is 2. The van der Waals surface area contributed by atoms with Crippen molar-refractivity contribution < 1.29 is 4.74 Å². The Kier molecular flexibility index (Phi) is 3.06. The fourth-order valence-electron chi connectivity index (χ4n) is 3.41. The van der Waals surface area contributed by atoms with Crippen LogP contribution in [0.1, 0.15) is 41.9 Å². The average Bonchev–Trinajstić information content (AvgIpc) is 2.88. The third-order valence-corrected chi connectivity index (χ3v) is 4.28. The van der Waals surface area contributed by atoms with Crippen molar-refractivity contribution in [3.8, 4) is 5.75 Å². The van der Waals surface area contributed by atoms with Crippen LogP contribution in [0, 0.1) is 0 Å². The maximum atomic E-state index is 5.49. The first-order valence-corrected chi connectivity index (χ1v) is 6.79. The van der Waals surface area contributed by atoms with Gasteiger partial charge in [0.2, 0.25) is 0 Å². The summed E-state index contributed by atoms with van der Waals surface area (Å²) in [6.45, 7) is 2.34. The molecule has 1 aliphatic carbocycles. The van der Waals surface area contributed by atoms with Crippen LogP contribution in [0.4, 0.5) is 0 Å². The summed E-state index contributed by atoms with van der Waals surface area (Å²) in [6, 6.07) is 4.50. The van der Waals surface area contributed by atoms with Crippen LogP contribution >= 0.6 is 0 Å². The molecule has 0 bridgehead atoms. The van der Waals surface area contributed by atoms with Gasteiger partial charge in [-0.05, 0) is 73.9 Å². The molecule has 1 saturated heterocycles. The van der Waals surface area contributed by atoms with E-state index in [2.05, 4.69) is 17.4 Å². The van der Waals surface area contributed by atoms with Gasteiger partial charge in [0, 0.05) is 0 Å². The zero-order valence-corrected chi connectivity index (χ0v) is 10.6. The van der Waals surface area contributed by atoms with Crippen LogP contribution in [0.25, 0.3) is 0 Å². The Hall–Kier alpha value is -1.02. The first kappa shape index (κ1) is 11.1. The molecule has 0 saturated carbocycles. The molecule has 92 valence electrons. The van der Waals surface area contributed by atoms with Crippen LogP contribution < -0.4 is 10.1 Å². The molecule has 2 nitrogen and oxygen atoms in total. The van der Waals surface area contributed by atoms with Crippen LogP contribution in [0.15, 0.2) is 12.1 Å². The van der Waals surface area contributed by atoms with Gasteiger partial charge >= 0.3 is 0 Å². The molecular weight excluding hydrogens is 210 g/mol. The quantitative estimate of drug-likeness (QED) is 0.845. The molecule has 0 aromatic heterocycles. The number of hydrogen-bond donors (Lipinski definition) is 1. The molecule has 1 aromatic carbocycles. The van der Waals surface area contributed by atoms with E-state index in [1.807, 2.05) is 0 Å². The summed E-state index contributed by atoms with van der Waals surface area (Å²) in [5, 5.41) is 3.45. The lowest BCUT2D eigenvalue weighted by Gasteiger charge is -2.25. The van der Waals surface area contributed by atoms with Crippen molar-refractivity contribution in [2.45, 2.75) is 38.0 Å². The third-order valence-electron chi connectivity index (χ3n) is 4.28. The van der Waals surface area contributed by atoms with Gasteiger partial charge in [0.15, 0.2) is 0 Å². The standard InChI is InChI=1S/C15H21NO/c1-17-15-6-5-12(11-7-9-16-10-8-11)13-3-2-4-14(13)15/h5-6,11,16H,2-4,7-10H2,1H3. The van der Waals surface area contributed by atoms with Gasteiger partial charge in [-0.3, -0.25) is 0 Å². The Morgan fingerprint density at radius 2 is 1.88 bits per heavy atom. The minimum atomic E-state index is 0.772. The van der Waals surface area contributed by atoms with Crippen LogP contribution in [-0.4, -0.2) is 20.2 Å². The van der Waals surface area contributed by atoms with E-state index in [0.29, 0.717) is 0 Å². The van der Waals surface area contributed by atoms with E-state index in [9.17, 15) is 0 Å². The molecule has 0 radical (unpaired) electrons. The number of fused-ring (bicyclic) bond motifs is 1. The van der Waals surface area contributed by atoms with Gasteiger partial charge in [-0.15, -0.1) is 0 Å². The van der Waals surface area contributed by atoms with Gasteiger partial charge in [0.25, 0.3) is 0 Å². The summed E-state index contributed by atoms with van der Waals surface area (Å²) in [6.07, 6.45) is 6.34. The van der Waals surface area contributed by atoms with E-state index in [1.54, 1.807) is 18.2 Å². The lowest BCUT2D eigenvalue weighted by Crippen LogP contribution is -2.27. The predicted molar refractivity (Wildman–Crippen MR) is 69.9 cm³/mol. The normalized spacial score (nSPS) is 20.3. The highest BCUT2D eigenvalue weighted by molar-refractivity contribution is 5.49. The zero-order chi connectivity index (χ0) is 11.7. The predicted octanol–water partition coefficient (Wildman–Crippen LogP) is 2.65. The second-order valence-corrected chi connectivity index (χ2v) is 5.19. The highest BCUT2D eigenvalue weighted by Gasteiger charge is 2.24. The van der Waals surface area contributed by atoms with Crippen molar-refractivity contribution in [1.82, 2.24) is 5.32 Å². The van der Waals surface area contributed by atoms with Gasteiger partial charge in [0.1, 0.15) is 5.75 Å². The SMILES string of the molecule is COc1ccc(C2CCNCC2)c2c1CCC2. The summed E-state index contributed by atoms with van der Waals surface area (Å²) in [7, 11) is 1.79. The van der Waals surface area contributed by atoms with Crippen molar-refractivity contribution >= 4 is 0 Å². The minimum absolute atomic E-state index is 0.772. The molecule has 0 unspecified atom stereocenters. The van der Waals surface area contributed by atoms with E-state index in [0.717, 1.165) is 11.7 Å². The van der Waals surface area contributed by atoms with E-state index >= 15 is 0 Å². The van der Waals surface area contributed by atoms with Crippen molar-refractivity contribution in [2.75, 3.05) is 20.2 Å². The second-order valence-electron chi connectivity index (χ2n) is 5.19. The lowest BCUT2D eigenvalue weighted by molar-refractivity contribution is 0.409. The van der Waals surface area contributed by atoms with Crippen LogP contribution in [0.5, 0.6) is 5.75 Å². The number of piperidine rings is 1.